The fourth-order valence-corrected chi connectivity index (χ4v) is 3.45. The molecular weight excluding hydrogens is 355 g/mol. The van der Waals surface area contributed by atoms with Gasteiger partial charge in [-0.05, 0) is 29.8 Å². The number of benzene rings is 3. The number of para-hydroxylation sites is 1. The summed E-state index contributed by atoms with van der Waals surface area (Å²) in [4.78, 5) is 17.1. The highest BCUT2D eigenvalue weighted by Gasteiger charge is 2.28. The van der Waals surface area contributed by atoms with Crippen LogP contribution in [0.1, 0.15) is 11.7 Å². The molecule has 0 saturated carbocycles. The van der Waals surface area contributed by atoms with Gasteiger partial charge in [0.1, 0.15) is 12.0 Å². The van der Waals surface area contributed by atoms with Crippen molar-refractivity contribution in [2.45, 2.75) is 6.17 Å². The molecule has 28 heavy (non-hydrogen) atoms. The number of anilines is 1. The summed E-state index contributed by atoms with van der Waals surface area (Å²) in [6.07, 6.45) is -0.490. The minimum Gasteiger partial charge on any atom is -0.359 e. The molecule has 136 valence electrons. The van der Waals surface area contributed by atoms with Crippen molar-refractivity contribution < 1.29 is 4.39 Å². The van der Waals surface area contributed by atoms with Crippen molar-refractivity contribution in [1.82, 2.24) is 14.8 Å². The van der Waals surface area contributed by atoms with E-state index in [0.717, 1.165) is 11.3 Å². The van der Waals surface area contributed by atoms with E-state index in [-0.39, 0.29) is 11.5 Å². The van der Waals surface area contributed by atoms with Crippen molar-refractivity contribution in [2.75, 3.05) is 5.32 Å². The average molecular weight is 370 g/mol. The Hall–Kier alpha value is -3.80. The van der Waals surface area contributed by atoms with Gasteiger partial charge in [0.15, 0.2) is 11.5 Å². The Morgan fingerprint density at radius 1 is 0.929 bits per heavy atom. The van der Waals surface area contributed by atoms with Gasteiger partial charge in [-0.3, -0.25) is 4.79 Å². The van der Waals surface area contributed by atoms with E-state index in [9.17, 15) is 9.18 Å². The first-order chi connectivity index (χ1) is 13.7. The second-order valence-electron chi connectivity index (χ2n) is 6.55. The topological polar surface area (TPSA) is 59.8 Å². The summed E-state index contributed by atoms with van der Waals surface area (Å²) in [5, 5.41) is 8.01. The molecule has 5 nitrogen and oxygen atoms in total. The average Bonchev–Trinajstić information content (AvgIpc) is 2.73. The van der Waals surface area contributed by atoms with Gasteiger partial charge < -0.3 is 5.32 Å². The molecule has 0 bridgehead atoms. The highest BCUT2D eigenvalue weighted by atomic mass is 19.1. The van der Waals surface area contributed by atoms with Crippen LogP contribution in [0.4, 0.5) is 10.1 Å². The third-order valence-electron chi connectivity index (χ3n) is 4.75. The monoisotopic (exact) mass is 370 g/mol. The number of aromatic nitrogens is 3. The molecule has 0 radical (unpaired) electrons. The van der Waals surface area contributed by atoms with Crippen LogP contribution in [-0.4, -0.2) is 14.8 Å². The van der Waals surface area contributed by atoms with Crippen LogP contribution in [-0.2, 0) is 0 Å². The first-order valence-corrected chi connectivity index (χ1v) is 8.88. The van der Waals surface area contributed by atoms with Crippen LogP contribution in [0.15, 0.2) is 83.7 Å². The highest BCUT2D eigenvalue weighted by Crippen LogP contribution is 2.36. The number of fused-ring (bicyclic) bond motifs is 3. The molecule has 6 heteroatoms. The Balaban J connectivity index is 1.77. The Morgan fingerprint density at radius 3 is 2.54 bits per heavy atom. The van der Waals surface area contributed by atoms with Gasteiger partial charge >= 0.3 is 0 Å². The minimum atomic E-state index is -0.490. The second kappa shape index (κ2) is 6.42. The van der Waals surface area contributed by atoms with E-state index >= 15 is 0 Å². The summed E-state index contributed by atoms with van der Waals surface area (Å²) >= 11 is 0. The maximum atomic E-state index is 13.9. The van der Waals surface area contributed by atoms with Crippen molar-refractivity contribution in [1.29, 1.82) is 0 Å². The predicted octanol–water partition coefficient (Wildman–Crippen LogP) is 4.08. The van der Waals surface area contributed by atoms with Crippen molar-refractivity contribution in [3.63, 3.8) is 0 Å². The summed E-state index contributed by atoms with van der Waals surface area (Å²) in [6.45, 7) is 0. The first kappa shape index (κ1) is 16.4. The van der Waals surface area contributed by atoms with Crippen LogP contribution < -0.4 is 10.9 Å². The van der Waals surface area contributed by atoms with Gasteiger partial charge in [-0.2, -0.15) is 10.1 Å². The zero-order chi connectivity index (χ0) is 19.1. The molecule has 1 N–H and O–H groups in total. The zero-order valence-electron chi connectivity index (χ0n) is 14.7. The van der Waals surface area contributed by atoms with E-state index in [1.807, 2.05) is 60.7 Å². The Bertz CT molecular complexity index is 1240. The zero-order valence-corrected chi connectivity index (χ0v) is 14.7. The number of hydrogen-bond donors (Lipinski definition) is 1. The summed E-state index contributed by atoms with van der Waals surface area (Å²) in [5.41, 5.74) is 2.83. The van der Waals surface area contributed by atoms with E-state index in [2.05, 4.69) is 15.4 Å². The van der Waals surface area contributed by atoms with Crippen LogP contribution in [0, 0.1) is 5.82 Å². The lowest BCUT2D eigenvalue weighted by Crippen LogP contribution is -2.32. The molecule has 3 aromatic carbocycles. The molecular formula is C22H15FN4O. The van der Waals surface area contributed by atoms with Crippen LogP contribution in [0.25, 0.3) is 22.6 Å². The SMILES string of the molecule is O=c1nc2n(nc1-c1ccccc1)C(c1cccc(F)c1)Nc1ccccc1-2. The molecule has 1 aliphatic heterocycles. The molecule has 1 aliphatic rings. The van der Waals surface area contributed by atoms with E-state index in [1.165, 1.54) is 12.1 Å². The summed E-state index contributed by atoms with van der Waals surface area (Å²) in [6, 6.07) is 23.1. The molecule has 0 saturated heterocycles. The third-order valence-corrected chi connectivity index (χ3v) is 4.75. The fraction of sp³-hybridized carbons (Fsp3) is 0.0455. The smallest absolute Gasteiger partial charge is 0.300 e. The molecule has 1 atom stereocenters. The highest BCUT2D eigenvalue weighted by molar-refractivity contribution is 5.76. The van der Waals surface area contributed by atoms with Crippen LogP contribution >= 0.6 is 0 Å². The minimum absolute atomic E-state index is 0.256. The summed E-state index contributed by atoms with van der Waals surface area (Å²) in [7, 11) is 0. The van der Waals surface area contributed by atoms with E-state index in [1.54, 1.807) is 10.7 Å². The van der Waals surface area contributed by atoms with Crippen molar-refractivity contribution >= 4 is 5.69 Å². The van der Waals surface area contributed by atoms with Crippen LogP contribution in [0.5, 0.6) is 0 Å². The van der Waals surface area contributed by atoms with Gasteiger partial charge in [0, 0.05) is 16.8 Å². The largest absolute Gasteiger partial charge is 0.359 e. The quantitative estimate of drug-likeness (QED) is 0.578. The third kappa shape index (κ3) is 2.66. The molecule has 0 aliphatic carbocycles. The molecule has 1 aromatic heterocycles. The maximum absolute atomic E-state index is 13.9. The van der Waals surface area contributed by atoms with Gasteiger partial charge in [0.25, 0.3) is 5.56 Å². The van der Waals surface area contributed by atoms with Crippen molar-refractivity contribution in [3.8, 4) is 22.6 Å². The number of rotatable bonds is 2. The Kier molecular flexibility index (Phi) is 3.76. The molecule has 0 amide bonds. The molecule has 1 unspecified atom stereocenters. The lowest BCUT2D eigenvalue weighted by atomic mass is 10.1. The van der Waals surface area contributed by atoms with Gasteiger partial charge in [-0.1, -0.05) is 54.6 Å². The first-order valence-electron chi connectivity index (χ1n) is 8.88. The fourth-order valence-electron chi connectivity index (χ4n) is 3.45. The molecule has 2 heterocycles. The normalized spacial score (nSPS) is 14.7. The summed E-state index contributed by atoms with van der Waals surface area (Å²) < 4.78 is 15.5. The standard InChI is InChI=1S/C22H15FN4O/c23-16-10-6-9-15(13-16)20-24-18-12-5-4-11-17(18)21-25-22(28)19(26-27(20)21)14-7-2-1-3-8-14/h1-13,20,24H. The van der Waals surface area contributed by atoms with E-state index in [0.29, 0.717) is 17.0 Å². The second-order valence-corrected chi connectivity index (χ2v) is 6.55. The van der Waals surface area contributed by atoms with Gasteiger partial charge in [0.2, 0.25) is 0 Å². The Labute approximate surface area is 160 Å². The molecule has 5 rings (SSSR count). The number of hydrogen-bond acceptors (Lipinski definition) is 4. The van der Waals surface area contributed by atoms with Gasteiger partial charge in [-0.15, -0.1) is 0 Å². The summed E-state index contributed by atoms with van der Waals surface area (Å²) in [5.74, 6) is 0.116. The van der Waals surface area contributed by atoms with Crippen LogP contribution in [0.2, 0.25) is 0 Å². The molecule has 0 spiro atoms. The Morgan fingerprint density at radius 2 is 1.71 bits per heavy atom. The number of nitrogens with zero attached hydrogens (tertiary/aromatic N) is 3. The van der Waals surface area contributed by atoms with Crippen LogP contribution in [0.3, 0.4) is 0 Å². The lowest BCUT2D eigenvalue weighted by Gasteiger charge is -2.30. The van der Waals surface area contributed by atoms with Crippen molar-refractivity contribution in [3.05, 3.63) is 101 Å². The molecule has 0 fully saturated rings. The number of nitrogens with one attached hydrogen (secondary N) is 1. The van der Waals surface area contributed by atoms with Gasteiger partial charge in [0.05, 0.1) is 0 Å². The van der Waals surface area contributed by atoms with E-state index < -0.39 is 11.7 Å². The molecule has 4 aromatic rings. The van der Waals surface area contributed by atoms with E-state index in [4.69, 9.17) is 0 Å². The predicted molar refractivity (Wildman–Crippen MR) is 105 cm³/mol. The van der Waals surface area contributed by atoms with Gasteiger partial charge in [-0.25, -0.2) is 9.07 Å². The maximum Gasteiger partial charge on any atom is 0.300 e. The lowest BCUT2D eigenvalue weighted by molar-refractivity contribution is 0.543. The number of halogens is 1. The van der Waals surface area contributed by atoms with Crippen molar-refractivity contribution in [2.24, 2.45) is 0 Å².